The van der Waals surface area contributed by atoms with Crippen LogP contribution in [0.1, 0.15) is 18.4 Å². The van der Waals surface area contributed by atoms with Crippen molar-refractivity contribution in [3.05, 3.63) is 29.8 Å². The van der Waals surface area contributed by atoms with Gasteiger partial charge in [0.2, 0.25) is 11.8 Å². The highest BCUT2D eigenvalue weighted by Crippen LogP contribution is 2.57. The summed E-state index contributed by atoms with van der Waals surface area (Å²) < 4.78 is 5.35. The zero-order chi connectivity index (χ0) is 15.6. The van der Waals surface area contributed by atoms with Crippen LogP contribution in [0.5, 0.6) is 0 Å². The number of hydrazine groups is 1. The van der Waals surface area contributed by atoms with Gasteiger partial charge in [-0.15, -0.1) is 11.8 Å². The molecule has 5 nitrogen and oxygen atoms in total. The first-order valence-corrected chi connectivity index (χ1v) is 8.44. The lowest BCUT2D eigenvalue weighted by molar-refractivity contribution is -0.129. The Hall–Kier alpha value is -1.53. The van der Waals surface area contributed by atoms with E-state index in [0.29, 0.717) is 6.61 Å². The fraction of sp³-hybridized carbons (Fsp3) is 0.500. The molecular formula is C16H20N2O3S. The van der Waals surface area contributed by atoms with Gasteiger partial charge in [-0.2, -0.15) is 0 Å². The number of carbonyl (C=O) groups excluding carboxylic acids is 2. The first kappa shape index (κ1) is 15.4. The molecule has 0 aromatic heterocycles. The standard InChI is InChI=1S/C16H20N2O3S/c1-11-2-4-12(5-3-11)22-9-14(19)17-18-15(20)13-8-16(13)6-7-21-10-16/h2-5,13H,6-10H2,1H3,(H,17,19)(H,18,20). The molecule has 1 saturated heterocycles. The van der Waals surface area contributed by atoms with Crippen molar-refractivity contribution < 1.29 is 14.3 Å². The van der Waals surface area contributed by atoms with Gasteiger partial charge in [0, 0.05) is 22.8 Å². The lowest BCUT2D eigenvalue weighted by atomic mass is 10.0. The van der Waals surface area contributed by atoms with Gasteiger partial charge in [0.15, 0.2) is 0 Å². The van der Waals surface area contributed by atoms with E-state index >= 15 is 0 Å². The fourth-order valence-corrected chi connectivity index (χ4v) is 3.51. The Kier molecular flexibility index (Phi) is 4.40. The van der Waals surface area contributed by atoms with Gasteiger partial charge >= 0.3 is 0 Å². The van der Waals surface area contributed by atoms with E-state index in [0.717, 1.165) is 24.3 Å². The fourth-order valence-electron chi connectivity index (χ4n) is 2.82. The third-order valence-corrected chi connectivity index (χ3v) is 5.37. The summed E-state index contributed by atoms with van der Waals surface area (Å²) in [6.07, 6.45) is 1.81. The number of thioether (sulfide) groups is 1. The summed E-state index contributed by atoms with van der Waals surface area (Å²) >= 11 is 1.45. The van der Waals surface area contributed by atoms with Crippen molar-refractivity contribution in [2.24, 2.45) is 11.3 Å². The molecule has 6 heteroatoms. The Balaban J connectivity index is 1.37. The molecule has 2 N–H and O–H groups in total. The smallest absolute Gasteiger partial charge is 0.248 e. The quantitative estimate of drug-likeness (QED) is 0.654. The Morgan fingerprint density at radius 1 is 1.32 bits per heavy atom. The lowest BCUT2D eigenvalue weighted by Crippen LogP contribution is -2.44. The number of aryl methyl sites for hydroxylation is 1. The third kappa shape index (κ3) is 3.44. The van der Waals surface area contributed by atoms with Gasteiger partial charge in [-0.05, 0) is 31.9 Å². The molecular weight excluding hydrogens is 300 g/mol. The molecule has 1 heterocycles. The molecule has 2 amide bonds. The van der Waals surface area contributed by atoms with Crippen LogP contribution in [0, 0.1) is 18.3 Å². The predicted octanol–water partition coefficient (Wildman–Crippen LogP) is 1.66. The second-order valence-electron chi connectivity index (χ2n) is 6.06. The highest BCUT2D eigenvalue weighted by Gasteiger charge is 2.59. The zero-order valence-electron chi connectivity index (χ0n) is 12.6. The molecule has 1 saturated carbocycles. The Morgan fingerprint density at radius 3 is 2.77 bits per heavy atom. The van der Waals surface area contributed by atoms with E-state index in [4.69, 9.17) is 4.74 Å². The van der Waals surface area contributed by atoms with Crippen LogP contribution in [0.3, 0.4) is 0 Å². The minimum absolute atomic E-state index is 0.0138. The predicted molar refractivity (Wildman–Crippen MR) is 84.2 cm³/mol. The molecule has 2 unspecified atom stereocenters. The highest BCUT2D eigenvalue weighted by molar-refractivity contribution is 8.00. The van der Waals surface area contributed by atoms with Crippen molar-refractivity contribution in [1.82, 2.24) is 10.9 Å². The van der Waals surface area contributed by atoms with Crippen LogP contribution in [0.25, 0.3) is 0 Å². The average Bonchev–Trinajstić information content (AvgIpc) is 3.01. The van der Waals surface area contributed by atoms with E-state index in [-0.39, 0.29) is 28.9 Å². The van der Waals surface area contributed by atoms with E-state index in [9.17, 15) is 9.59 Å². The summed E-state index contributed by atoms with van der Waals surface area (Å²) in [5, 5.41) is 0. The second kappa shape index (κ2) is 6.30. The van der Waals surface area contributed by atoms with Gasteiger partial charge in [0.1, 0.15) is 0 Å². The van der Waals surface area contributed by atoms with Gasteiger partial charge in [-0.1, -0.05) is 17.7 Å². The molecule has 3 rings (SSSR count). The molecule has 0 radical (unpaired) electrons. The SMILES string of the molecule is Cc1ccc(SCC(=O)NNC(=O)C2CC23CCOC3)cc1. The third-order valence-electron chi connectivity index (χ3n) is 4.36. The molecule has 2 aliphatic rings. The highest BCUT2D eigenvalue weighted by atomic mass is 32.2. The molecule has 2 atom stereocenters. The van der Waals surface area contributed by atoms with Gasteiger partial charge in [-0.3, -0.25) is 20.4 Å². The molecule has 0 bridgehead atoms. The van der Waals surface area contributed by atoms with Crippen LogP contribution in [0.15, 0.2) is 29.2 Å². The molecule has 1 aliphatic carbocycles. The number of benzene rings is 1. The maximum atomic E-state index is 12.0. The van der Waals surface area contributed by atoms with Crippen molar-refractivity contribution in [3.8, 4) is 0 Å². The minimum atomic E-state index is -0.198. The Bertz CT molecular complexity index is 567. The lowest BCUT2D eigenvalue weighted by Gasteiger charge is -2.09. The molecule has 22 heavy (non-hydrogen) atoms. The van der Waals surface area contributed by atoms with Crippen molar-refractivity contribution in [1.29, 1.82) is 0 Å². The summed E-state index contributed by atoms with van der Waals surface area (Å²) in [7, 11) is 0. The normalized spacial score (nSPS) is 26.0. The molecule has 2 fully saturated rings. The number of hydrogen-bond donors (Lipinski definition) is 2. The molecule has 1 aliphatic heterocycles. The summed E-state index contributed by atoms with van der Waals surface area (Å²) in [6, 6.07) is 8.00. The molecule has 1 spiro atoms. The van der Waals surface area contributed by atoms with Crippen molar-refractivity contribution in [2.75, 3.05) is 19.0 Å². The monoisotopic (exact) mass is 320 g/mol. The maximum absolute atomic E-state index is 12.0. The van der Waals surface area contributed by atoms with Crippen molar-refractivity contribution >= 4 is 23.6 Å². The van der Waals surface area contributed by atoms with E-state index in [2.05, 4.69) is 10.9 Å². The molecule has 1 aromatic carbocycles. The van der Waals surface area contributed by atoms with E-state index in [1.165, 1.54) is 17.3 Å². The van der Waals surface area contributed by atoms with Crippen LogP contribution in [0.2, 0.25) is 0 Å². The number of hydrogen-bond acceptors (Lipinski definition) is 4. The average molecular weight is 320 g/mol. The summed E-state index contributed by atoms with van der Waals surface area (Å²) in [4.78, 5) is 24.8. The molecule has 1 aromatic rings. The summed E-state index contributed by atoms with van der Waals surface area (Å²) in [5.41, 5.74) is 6.26. The molecule has 118 valence electrons. The van der Waals surface area contributed by atoms with Gasteiger partial charge in [0.05, 0.1) is 12.4 Å². The van der Waals surface area contributed by atoms with E-state index < -0.39 is 0 Å². The number of carbonyl (C=O) groups is 2. The van der Waals surface area contributed by atoms with Crippen LogP contribution in [-0.2, 0) is 14.3 Å². The first-order chi connectivity index (χ1) is 10.6. The summed E-state index contributed by atoms with van der Waals surface area (Å²) in [6.45, 7) is 3.43. The zero-order valence-corrected chi connectivity index (χ0v) is 13.4. The number of ether oxygens (including phenoxy) is 1. The minimum Gasteiger partial charge on any atom is -0.381 e. The van der Waals surface area contributed by atoms with Crippen LogP contribution >= 0.6 is 11.8 Å². The Labute approximate surface area is 134 Å². The van der Waals surface area contributed by atoms with E-state index in [1.54, 1.807) is 0 Å². The van der Waals surface area contributed by atoms with Gasteiger partial charge in [0.25, 0.3) is 0 Å². The van der Waals surface area contributed by atoms with E-state index in [1.807, 2.05) is 31.2 Å². The number of nitrogens with one attached hydrogen (secondary N) is 2. The van der Waals surface area contributed by atoms with Crippen molar-refractivity contribution in [3.63, 3.8) is 0 Å². The summed E-state index contributed by atoms with van der Waals surface area (Å²) in [5.74, 6) is -0.0297. The van der Waals surface area contributed by atoms with Gasteiger partial charge < -0.3 is 4.74 Å². The van der Waals surface area contributed by atoms with Crippen LogP contribution in [-0.4, -0.2) is 30.8 Å². The maximum Gasteiger partial charge on any atom is 0.248 e. The van der Waals surface area contributed by atoms with Crippen LogP contribution < -0.4 is 10.9 Å². The Morgan fingerprint density at radius 2 is 2.09 bits per heavy atom. The number of rotatable bonds is 4. The topological polar surface area (TPSA) is 67.4 Å². The van der Waals surface area contributed by atoms with Gasteiger partial charge in [-0.25, -0.2) is 0 Å². The number of amides is 2. The van der Waals surface area contributed by atoms with Crippen molar-refractivity contribution in [2.45, 2.75) is 24.7 Å². The first-order valence-electron chi connectivity index (χ1n) is 7.45. The van der Waals surface area contributed by atoms with Crippen LogP contribution in [0.4, 0.5) is 0 Å². The largest absolute Gasteiger partial charge is 0.381 e. The second-order valence-corrected chi connectivity index (χ2v) is 7.11.